The van der Waals surface area contributed by atoms with Crippen LogP contribution >= 0.6 is 0 Å². The Morgan fingerprint density at radius 3 is 2.68 bits per heavy atom. The SMILES string of the molecule is COC(=O)CN1C(=O)c2ccc(OCc3ccccc3)cc2C1C#N. The third-order valence-electron chi connectivity index (χ3n) is 4.02. The predicted molar refractivity (Wildman–Crippen MR) is 88.6 cm³/mol. The number of benzene rings is 2. The quantitative estimate of drug-likeness (QED) is 0.784. The summed E-state index contributed by atoms with van der Waals surface area (Å²) in [5.74, 6) is -0.362. The number of carbonyl (C=O) groups is 2. The molecule has 1 amide bonds. The second kappa shape index (κ2) is 7.05. The van der Waals surface area contributed by atoms with E-state index in [9.17, 15) is 14.9 Å². The number of hydrogen-bond acceptors (Lipinski definition) is 5. The van der Waals surface area contributed by atoms with Gasteiger partial charge < -0.3 is 14.4 Å². The molecular weight excluding hydrogens is 320 g/mol. The maximum atomic E-state index is 12.4. The molecule has 0 radical (unpaired) electrons. The van der Waals surface area contributed by atoms with Gasteiger partial charge in [-0.05, 0) is 23.8 Å². The number of nitriles is 1. The summed E-state index contributed by atoms with van der Waals surface area (Å²) in [6, 6.07) is 15.9. The molecule has 6 nitrogen and oxygen atoms in total. The number of nitrogens with zero attached hydrogens (tertiary/aromatic N) is 2. The Hall–Kier alpha value is -3.33. The van der Waals surface area contributed by atoms with E-state index in [1.165, 1.54) is 12.0 Å². The maximum Gasteiger partial charge on any atom is 0.325 e. The summed E-state index contributed by atoms with van der Waals surface area (Å²) in [6.45, 7) is 0.124. The van der Waals surface area contributed by atoms with Crippen molar-refractivity contribution in [1.82, 2.24) is 4.90 Å². The van der Waals surface area contributed by atoms with Crippen LogP contribution in [0, 0.1) is 11.3 Å². The molecule has 25 heavy (non-hydrogen) atoms. The average Bonchev–Trinajstić information content (AvgIpc) is 2.91. The molecule has 0 N–H and O–H groups in total. The van der Waals surface area contributed by atoms with Gasteiger partial charge in [-0.25, -0.2) is 0 Å². The van der Waals surface area contributed by atoms with E-state index in [2.05, 4.69) is 10.8 Å². The number of amides is 1. The molecule has 1 heterocycles. The topological polar surface area (TPSA) is 79.6 Å². The predicted octanol–water partition coefficient (Wildman–Crippen LogP) is 2.46. The highest BCUT2D eigenvalue weighted by Gasteiger charge is 2.38. The zero-order valence-electron chi connectivity index (χ0n) is 13.6. The fourth-order valence-corrected chi connectivity index (χ4v) is 2.74. The maximum absolute atomic E-state index is 12.4. The second-order valence-electron chi connectivity index (χ2n) is 5.56. The van der Waals surface area contributed by atoms with Gasteiger partial charge in [0.25, 0.3) is 5.91 Å². The van der Waals surface area contributed by atoms with Gasteiger partial charge in [0.2, 0.25) is 0 Å². The molecule has 0 bridgehead atoms. The molecular formula is C19H16N2O4. The zero-order chi connectivity index (χ0) is 17.8. The van der Waals surface area contributed by atoms with E-state index in [0.717, 1.165) is 5.56 Å². The third-order valence-corrected chi connectivity index (χ3v) is 4.02. The number of methoxy groups -OCH3 is 1. The summed E-state index contributed by atoms with van der Waals surface area (Å²) in [6.07, 6.45) is 0. The van der Waals surface area contributed by atoms with Crippen molar-refractivity contribution in [3.8, 4) is 11.8 Å². The van der Waals surface area contributed by atoms with Crippen LogP contribution in [0.3, 0.4) is 0 Å². The fourth-order valence-electron chi connectivity index (χ4n) is 2.74. The Kier molecular flexibility index (Phi) is 4.66. The minimum absolute atomic E-state index is 0.261. The number of ether oxygens (including phenoxy) is 2. The molecule has 2 aromatic rings. The largest absolute Gasteiger partial charge is 0.489 e. The van der Waals surface area contributed by atoms with Gasteiger partial charge >= 0.3 is 5.97 Å². The van der Waals surface area contributed by atoms with Crippen molar-refractivity contribution in [3.05, 3.63) is 65.2 Å². The Balaban J connectivity index is 1.81. The highest BCUT2D eigenvalue weighted by Crippen LogP contribution is 2.35. The molecule has 0 aliphatic carbocycles. The normalized spacial score (nSPS) is 15.4. The molecule has 1 atom stereocenters. The van der Waals surface area contributed by atoms with E-state index in [0.29, 0.717) is 23.5 Å². The Labute approximate surface area is 145 Å². The average molecular weight is 336 g/mol. The first kappa shape index (κ1) is 16.5. The van der Waals surface area contributed by atoms with Gasteiger partial charge in [-0.3, -0.25) is 9.59 Å². The van der Waals surface area contributed by atoms with E-state index in [-0.39, 0.29) is 12.5 Å². The lowest BCUT2D eigenvalue weighted by molar-refractivity contribution is -0.141. The van der Waals surface area contributed by atoms with E-state index in [4.69, 9.17) is 4.74 Å². The number of esters is 1. The van der Waals surface area contributed by atoms with Crippen LogP contribution in [0.25, 0.3) is 0 Å². The minimum Gasteiger partial charge on any atom is -0.489 e. The van der Waals surface area contributed by atoms with Crippen LogP contribution in [-0.2, 0) is 16.1 Å². The standard InChI is InChI=1S/C19H16N2O4/c1-24-18(22)11-21-17(10-20)16-9-14(7-8-15(16)19(21)23)25-12-13-5-3-2-4-6-13/h2-9,17H,11-12H2,1H3. The van der Waals surface area contributed by atoms with Crippen molar-refractivity contribution < 1.29 is 19.1 Å². The van der Waals surface area contributed by atoms with Crippen LogP contribution < -0.4 is 4.74 Å². The van der Waals surface area contributed by atoms with E-state index >= 15 is 0 Å². The Morgan fingerprint density at radius 2 is 2.00 bits per heavy atom. The summed E-state index contributed by atoms with van der Waals surface area (Å²) in [4.78, 5) is 25.1. The van der Waals surface area contributed by atoms with Crippen molar-refractivity contribution in [2.45, 2.75) is 12.6 Å². The molecule has 1 aliphatic rings. The van der Waals surface area contributed by atoms with Crippen LogP contribution in [0.5, 0.6) is 5.75 Å². The monoisotopic (exact) mass is 336 g/mol. The van der Waals surface area contributed by atoms with Gasteiger partial charge in [-0.15, -0.1) is 0 Å². The molecule has 3 rings (SSSR count). The second-order valence-corrected chi connectivity index (χ2v) is 5.56. The van der Waals surface area contributed by atoms with Gasteiger partial charge in [0.15, 0.2) is 0 Å². The third kappa shape index (κ3) is 3.31. The summed E-state index contributed by atoms with van der Waals surface area (Å²) in [5, 5.41) is 9.45. The Bertz CT molecular complexity index is 842. The minimum atomic E-state index is -0.832. The van der Waals surface area contributed by atoms with Crippen LogP contribution in [0.15, 0.2) is 48.5 Å². The van der Waals surface area contributed by atoms with Gasteiger partial charge in [0, 0.05) is 11.1 Å². The smallest absolute Gasteiger partial charge is 0.325 e. The lowest BCUT2D eigenvalue weighted by Crippen LogP contribution is -2.33. The van der Waals surface area contributed by atoms with Crippen molar-refractivity contribution in [2.75, 3.05) is 13.7 Å². The first-order chi connectivity index (χ1) is 12.1. The number of fused-ring (bicyclic) bond motifs is 1. The summed E-state index contributed by atoms with van der Waals surface area (Å²) < 4.78 is 10.3. The molecule has 0 spiro atoms. The van der Waals surface area contributed by atoms with Crippen molar-refractivity contribution in [1.29, 1.82) is 5.26 Å². The number of hydrogen-bond donors (Lipinski definition) is 0. The molecule has 0 saturated carbocycles. The summed E-state index contributed by atoms with van der Waals surface area (Å²) in [5.41, 5.74) is 1.97. The zero-order valence-corrected chi connectivity index (χ0v) is 13.6. The number of rotatable bonds is 5. The van der Waals surface area contributed by atoms with Crippen molar-refractivity contribution in [3.63, 3.8) is 0 Å². The molecule has 6 heteroatoms. The van der Waals surface area contributed by atoms with Crippen LogP contribution in [-0.4, -0.2) is 30.4 Å². The van der Waals surface area contributed by atoms with E-state index in [1.807, 2.05) is 30.3 Å². The van der Waals surface area contributed by atoms with Gasteiger partial charge in [-0.2, -0.15) is 5.26 Å². The summed E-state index contributed by atoms with van der Waals surface area (Å²) in [7, 11) is 1.24. The highest BCUT2D eigenvalue weighted by molar-refractivity contribution is 6.01. The molecule has 126 valence electrons. The molecule has 0 fully saturated rings. The molecule has 1 aliphatic heterocycles. The Morgan fingerprint density at radius 1 is 1.24 bits per heavy atom. The van der Waals surface area contributed by atoms with Crippen LogP contribution in [0.1, 0.15) is 27.5 Å². The summed E-state index contributed by atoms with van der Waals surface area (Å²) >= 11 is 0. The molecule has 2 aromatic carbocycles. The molecule has 0 saturated heterocycles. The number of carbonyl (C=O) groups excluding carboxylic acids is 2. The van der Waals surface area contributed by atoms with E-state index in [1.54, 1.807) is 18.2 Å². The van der Waals surface area contributed by atoms with Crippen molar-refractivity contribution >= 4 is 11.9 Å². The van der Waals surface area contributed by atoms with Crippen molar-refractivity contribution in [2.24, 2.45) is 0 Å². The molecule has 0 aromatic heterocycles. The van der Waals surface area contributed by atoms with E-state index < -0.39 is 12.0 Å². The van der Waals surface area contributed by atoms with Gasteiger partial charge in [-0.1, -0.05) is 30.3 Å². The van der Waals surface area contributed by atoms with Gasteiger partial charge in [0.1, 0.15) is 24.9 Å². The highest BCUT2D eigenvalue weighted by atomic mass is 16.5. The lowest BCUT2D eigenvalue weighted by atomic mass is 10.1. The van der Waals surface area contributed by atoms with Crippen LogP contribution in [0.2, 0.25) is 0 Å². The first-order valence-corrected chi connectivity index (χ1v) is 7.72. The first-order valence-electron chi connectivity index (χ1n) is 7.72. The lowest BCUT2D eigenvalue weighted by Gasteiger charge is -2.18. The van der Waals surface area contributed by atoms with Crippen LogP contribution in [0.4, 0.5) is 0 Å². The van der Waals surface area contributed by atoms with Gasteiger partial charge in [0.05, 0.1) is 13.2 Å². The fraction of sp³-hybridized carbons (Fsp3) is 0.211. The molecule has 1 unspecified atom stereocenters.